The number of benzene rings is 2. The normalized spacial score (nSPS) is 25.2. The number of rotatable bonds is 4. The van der Waals surface area contributed by atoms with Crippen molar-refractivity contribution in [1.82, 2.24) is 0 Å². The van der Waals surface area contributed by atoms with Gasteiger partial charge >= 0.3 is 12.3 Å². The van der Waals surface area contributed by atoms with Crippen LogP contribution in [0.1, 0.15) is 34.7 Å². The Morgan fingerprint density at radius 3 is 2.47 bits per heavy atom. The summed E-state index contributed by atoms with van der Waals surface area (Å²) in [5.74, 6) is -8.72. The van der Waals surface area contributed by atoms with Gasteiger partial charge in [-0.25, -0.2) is 4.79 Å². The largest absolute Gasteiger partial charge is 0.573 e. The molecule has 0 bridgehead atoms. The van der Waals surface area contributed by atoms with Crippen molar-refractivity contribution >= 4 is 51.0 Å². The van der Waals surface area contributed by atoms with E-state index in [1.54, 1.807) is 6.08 Å². The molecule has 9 nitrogen and oxygen atoms in total. The second kappa shape index (κ2) is 10.0. The van der Waals surface area contributed by atoms with Crippen LogP contribution in [0.4, 0.5) is 18.9 Å². The lowest BCUT2D eigenvalue weighted by molar-refractivity contribution is -0.274. The Morgan fingerprint density at radius 1 is 1.02 bits per heavy atom. The van der Waals surface area contributed by atoms with E-state index in [0.717, 1.165) is 29.2 Å². The lowest BCUT2D eigenvalue weighted by Crippen LogP contribution is -2.39. The molecule has 1 heterocycles. The van der Waals surface area contributed by atoms with Crippen molar-refractivity contribution in [3.63, 3.8) is 0 Å². The maximum Gasteiger partial charge on any atom is 0.573 e. The molecule has 2 N–H and O–H groups in total. The Bertz CT molecular complexity index is 1760. The number of ether oxygens (including phenoxy) is 1. The Balaban J connectivity index is 1.48. The molecule has 6 rings (SSSR count). The smallest absolute Gasteiger partial charge is 0.508 e. The fourth-order valence-electron chi connectivity index (χ4n) is 6.56. The SMILES string of the molecule is O=C1C=C(Br)C(=O)C2=C1C(c1cc(OC(F)(F)F)ccc1O)C1=CCC3C(=O)N(c4cccc(C(=O)O)c4)C(=O)C3C1C2. The van der Waals surface area contributed by atoms with Gasteiger partial charge in [0.2, 0.25) is 11.8 Å². The molecular formula is C30H19BrF3NO8. The number of Topliss-reactive ketones (excluding diaryl/α,β-unsaturated/α-hetero) is 1. The van der Waals surface area contributed by atoms with E-state index >= 15 is 0 Å². The highest BCUT2D eigenvalue weighted by molar-refractivity contribution is 9.12. The minimum Gasteiger partial charge on any atom is -0.508 e. The summed E-state index contributed by atoms with van der Waals surface area (Å²) in [6, 6.07) is 8.15. The zero-order valence-electron chi connectivity index (χ0n) is 21.7. The van der Waals surface area contributed by atoms with Crippen molar-refractivity contribution in [3.8, 4) is 11.5 Å². The van der Waals surface area contributed by atoms with E-state index < -0.39 is 70.9 Å². The Hall–Kier alpha value is -4.52. The number of anilines is 1. The highest BCUT2D eigenvalue weighted by Gasteiger charge is 2.57. The number of hydrogen-bond acceptors (Lipinski definition) is 7. The number of alkyl halides is 3. The number of nitrogens with zero attached hydrogens (tertiary/aromatic N) is 1. The number of ketones is 2. The molecular weight excluding hydrogens is 639 g/mol. The van der Waals surface area contributed by atoms with E-state index in [0.29, 0.717) is 5.57 Å². The Kier molecular flexibility index (Phi) is 6.68. The summed E-state index contributed by atoms with van der Waals surface area (Å²) in [6.07, 6.45) is -2.46. The van der Waals surface area contributed by atoms with Gasteiger partial charge in [-0.15, -0.1) is 13.2 Å². The number of phenolic OH excluding ortho intramolecular Hbond substituents is 1. The number of fused-ring (bicyclic) bond motifs is 3. The van der Waals surface area contributed by atoms with Crippen LogP contribution in [0.2, 0.25) is 0 Å². The predicted octanol–water partition coefficient (Wildman–Crippen LogP) is 4.96. The quantitative estimate of drug-likeness (QED) is 0.267. The number of aromatic hydroxyl groups is 1. The molecule has 3 aliphatic carbocycles. The van der Waals surface area contributed by atoms with Gasteiger partial charge in [0.15, 0.2) is 11.6 Å². The lowest BCUT2D eigenvalue weighted by Gasteiger charge is -2.42. The molecule has 4 aliphatic rings. The molecule has 2 amide bonds. The average molecular weight is 658 g/mol. The Labute approximate surface area is 249 Å². The third kappa shape index (κ3) is 4.67. The van der Waals surface area contributed by atoms with E-state index in [9.17, 15) is 47.4 Å². The van der Waals surface area contributed by atoms with Crippen LogP contribution in [0.15, 0.2) is 75.8 Å². The van der Waals surface area contributed by atoms with Crippen LogP contribution < -0.4 is 9.64 Å². The molecule has 1 saturated heterocycles. The van der Waals surface area contributed by atoms with Gasteiger partial charge in [0.1, 0.15) is 11.5 Å². The zero-order chi connectivity index (χ0) is 31.0. The molecule has 0 saturated carbocycles. The van der Waals surface area contributed by atoms with Gasteiger partial charge in [-0.3, -0.25) is 24.1 Å². The molecule has 4 unspecified atom stereocenters. The van der Waals surface area contributed by atoms with Crippen molar-refractivity contribution in [2.45, 2.75) is 25.1 Å². The molecule has 0 aromatic heterocycles. The van der Waals surface area contributed by atoms with Crippen molar-refractivity contribution in [3.05, 3.63) is 86.9 Å². The summed E-state index contributed by atoms with van der Waals surface area (Å²) in [6.45, 7) is 0. The first-order chi connectivity index (χ1) is 20.3. The van der Waals surface area contributed by atoms with E-state index in [1.807, 2.05) is 0 Å². The van der Waals surface area contributed by atoms with Crippen LogP contribution in [0.3, 0.4) is 0 Å². The van der Waals surface area contributed by atoms with Gasteiger partial charge in [0, 0.05) is 28.7 Å². The number of hydrogen-bond donors (Lipinski definition) is 2. The summed E-state index contributed by atoms with van der Waals surface area (Å²) in [7, 11) is 0. The van der Waals surface area contributed by atoms with Gasteiger partial charge in [-0.2, -0.15) is 0 Å². The zero-order valence-corrected chi connectivity index (χ0v) is 23.3. The van der Waals surface area contributed by atoms with Crippen LogP contribution in [-0.2, 0) is 19.2 Å². The number of carbonyl (C=O) groups excluding carboxylic acids is 4. The monoisotopic (exact) mass is 657 g/mol. The average Bonchev–Trinajstić information content (AvgIpc) is 3.20. The maximum atomic E-state index is 13.9. The molecule has 2 aromatic carbocycles. The third-order valence-electron chi connectivity index (χ3n) is 8.23. The number of allylic oxidation sites excluding steroid dienone is 6. The highest BCUT2D eigenvalue weighted by Crippen LogP contribution is 2.57. The number of carboxylic acids is 1. The van der Waals surface area contributed by atoms with Crippen molar-refractivity contribution in [2.75, 3.05) is 4.90 Å². The maximum absolute atomic E-state index is 13.9. The fourth-order valence-corrected chi connectivity index (χ4v) is 7.00. The standard InChI is InChI=1S/C30H19BrF3NO8/c31-20-11-22(37)25-19(26(20)38)10-17-15(23(25)18-9-14(4-7-21(18)36)43-30(32,33)34)5-6-16-24(17)28(40)35(27(16)39)13-3-1-2-12(8-13)29(41)42/h1-5,7-9,11,16-17,23-24,36H,6,10H2,(H,41,42). The van der Waals surface area contributed by atoms with Crippen LogP contribution in [0, 0.1) is 17.8 Å². The number of carboxylic acid groups (broad SMARTS) is 1. The molecule has 220 valence electrons. The second-order valence-electron chi connectivity index (χ2n) is 10.5. The number of amides is 2. The summed E-state index contributed by atoms with van der Waals surface area (Å²) in [5, 5.41) is 20.2. The van der Waals surface area contributed by atoms with Crippen LogP contribution >= 0.6 is 15.9 Å². The number of phenols is 1. The topological polar surface area (TPSA) is 138 Å². The first-order valence-corrected chi connectivity index (χ1v) is 13.7. The van der Waals surface area contributed by atoms with Crippen LogP contribution in [0.5, 0.6) is 11.5 Å². The summed E-state index contributed by atoms with van der Waals surface area (Å²) in [5.41, 5.74) is 0.145. The number of halogens is 4. The molecule has 2 aromatic rings. The summed E-state index contributed by atoms with van der Waals surface area (Å²) in [4.78, 5) is 66.6. The van der Waals surface area contributed by atoms with Gasteiger partial charge in [0.25, 0.3) is 0 Å². The van der Waals surface area contributed by atoms with E-state index in [2.05, 4.69) is 20.7 Å². The highest BCUT2D eigenvalue weighted by atomic mass is 79.9. The van der Waals surface area contributed by atoms with Crippen LogP contribution in [-0.4, -0.2) is 45.9 Å². The molecule has 1 aliphatic heterocycles. The van der Waals surface area contributed by atoms with Crippen molar-refractivity contribution < 1.29 is 52.1 Å². The van der Waals surface area contributed by atoms with Crippen LogP contribution in [0.25, 0.3) is 0 Å². The lowest BCUT2D eigenvalue weighted by atomic mass is 9.59. The fraction of sp³-hybridized carbons (Fsp3) is 0.233. The molecule has 1 fully saturated rings. The second-order valence-corrected chi connectivity index (χ2v) is 11.4. The summed E-state index contributed by atoms with van der Waals surface area (Å²) < 4.78 is 43.2. The third-order valence-corrected chi connectivity index (χ3v) is 8.82. The first kappa shape index (κ1) is 28.6. The van der Waals surface area contributed by atoms with Gasteiger partial charge in [-0.1, -0.05) is 17.7 Å². The molecule has 4 atom stereocenters. The van der Waals surface area contributed by atoms with E-state index in [4.69, 9.17) is 0 Å². The predicted molar refractivity (Wildman–Crippen MR) is 145 cm³/mol. The van der Waals surface area contributed by atoms with E-state index in [-0.39, 0.29) is 45.3 Å². The van der Waals surface area contributed by atoms with Gasteiger partial charge < -0.3 is 14.9 Å². The van der Waals surface area contributed by atoms with Crippen molar-refractivity contribution in [1.29, 1.82) is 0 Å². The van der Waals surface area contributed by atoms with Gasteiger partial charge in [0.05, 0.1) is 27.6 Å². The molecule has 43 heavy (non-hydrogen) atoms. The first-order valence-electron chi connectivity index (χ1n) is 13.0. The Morgan fingerprint density at radius 2 is 1.77 bits per heavy atom. The summed E-state index contributed by atoms with van der Waals surface area (Å²) >= 11 is 3.09. The van der Waals surface area contributed by atoms with Gasteiger partial charge in [-0.05, 0) is 71.1 Å². The molecule has 13 heteroatoms. The molecule has 0 spiro atoms. The van der Waals surface area contributed by atoms with E-state index in [1.165, 1.54) is 24.3 Å². The molecule has 0 radical (unpaired) electrons. The minimum atomic E-state index is -5.05. The number of imide groups is 1. The number of aromatic carboxylic acids is 1. The van der Waals surface area contributed by atoms with Crippen molar-refractivity contribution in [2.24, 2.45) is 17.8 Å². The minimum absolute atomic E-state index is 0.0142. The number of carbonyl (C=O) groups is 5.